The third kappa shape index (κ3) is 2.98. The van der Waals surface area contributed by atoms with Crippen LogP contribution in [0.3, 0.4) is 0 Å². The van der Waals surface area contributed by atoms with Crippen LogP contribution in [0.5, 0.6) is 0 Å². The molecule has 0 saturated carbocycles. The minimum Gasteiger partial charge on any atom is -0.361 e. The van der Waals surface area contributed by atoms with Gasteiger partial charge in [0, 0.05) is 27.7 Å². The van der Waals surface area contributed by atoms with Gasteiger partial charge < -0.3 is 4.98 Å². The first-order valence-electron chi connectivity index (χ1n) is 6.50. The predicted octanol–water partition coefficient (Wildman–Crippen LogP) is 4.24. The Morgan fingerprint density at radius 1 is 1.18 bits per heavy atom. The van der Waals surface area contributed by atoms with Crippen molar-refractivity contribution < 1.29 is 4.79 Å². The highest BCUT2D eigenvalue weighted by molar-refractivity contribution is 6.36. The van der Waals surface area contributed by atoms with Gasteiger partial charge in [-0.25, -0.2) is 5.43 Å². The van der Waals surface area contributed by atoms with Crippen molar-refractivity contribution in [1.82, 2.24) is 10.4 Å². The number of para-hydroxylation sites is 1. The topological polar surface area (TPSA) is 57.2 Å². The first-order chi connectivity index (χ1) is 10.6. The largest absolute Gasteiger partial charge is 0.361 e. The van der Waals surface area contributed by atoms with Gasteiger partial charge in [-0.15, -0.1) is 0 Å². The molecule has 110 valence electrons. The van der Waals surface area contributed by atoms with Crippen LogP contribution in [-0.4, -0.2) is 17.1 Å². The number of hydrogen-bond donors (Lipinski definition) is 2. The van der Waals surface area contributed by atoms with Crippen molar-refractivity contribution >= 4 is 46.2 Å². The quantitative estimate of drug-likeness (QED) is 0.547. The van der Waals surface area contributed by atoms with E-state index in [2.05, 4.69) is 15.5 Å². The van der Waals surface area contributed by atoms with Crippen LogP contribution in [0.15, 0.2) is 53.8 Å². The van der Waals surface area contributed by atoms with Gasteiger partial charge in [0.2, 0.25) is 0 Å². The van der Waals surface area contributed by atoms with Crippen molar-refractivity contribution in [2.45, 2.75) is 0 Å². The number of nitrogens with zero attached hydrogens (tertiary/aromatic N) is 1. The molecule has 0 radical (unpaired) electrons. The highest BCUT2D eigenvalue weighted by Gasteiger charge is 2.09. The van der Waals surface area contributed by atoms with Gasteiger partial charge >= 0.3 is 0 Å². The van der Waals surface area contributed by atoms with Crippen LogP contribution in [0.1, 0.15) is 15.9 Å². The summed E-state index contributed by atoms with van der Waals surface area (Å²) in [5.41, 5.74) is 4.67. The molecule has 0 aliphatic carbocycles. The van der Waals surface area contributed by atoms with Gasteiger partial charge in [0.05, 0.1) is 16.8 Å². The van der Waals surface area contributed by atoms with Gasteiger partial charge in [-0.05, 0) is 24.3 Å². The fourth-order valence-electron chi connectivity index (χ4n) is 2.10. The Morgan fingerprint density at radius 3 is 2.82 bits per heavy atom. The average molecular weight is 332 g/mol. The summed E-state index contributed by atoms with van der Waals surface area (Å²) in [6.45, 7) is 0. The summed E-state index contributed by atoms with van der Waals surface area (Å²) in [6, 6.07) is 12.5. The van der Waals surface area contributed by atoms with Crippen LogP contribution in [0.2, 0.25) is 10.0 Å². The fourth-order valence-corrected chi connectivity index (χ4v) is 2.59. The van der Waals surface area contributed by atoms with E-state index in [0.29, 0.717) is 10.6 Å². The number of nitrogens with one attached hydrogen (secondary N) is 2. The third-order valence-electron chi connectivity index (χ3n) is 3.17. The van der Waals surface area contributed by atoms with E-state index in [0.717, 1.165) is 16.5 Å². The van der Waals surface area contributed by atoms with E-state index >= 15 is 0 Å². The molecule has 0 saturated heterocycles. The number of rotatable bonds is 3. The zero-order valence-electron chi connectivity index (χ0n) is 11.3. The second-order valence-electron chi connectivity index (χ2n) is 4.61. The van der Waals surface area contributed by atoms with Crippen molar-refractivity contribution in [3.63, 3.8) is 0 Å². The molecule has 22 heavy (non-hydrogen) atoms. The summed E-state index contributed by atoms with van der Waals surface area (Å²) >= 11 is 11.8. The van der Waals surface area contributed by atoms with Crippen molar-refractivity contribution in [2.24, 2.45) is 5.10 Å². The highest BCUT2D eigenvalue weighted by atomic mass is 35.5. The molecule has 1 aromatic heterocycles. The van der Waals surface area contributed by atoms with Crippen molar-refractivity contribution in [3.05, 3.63) is 69.8 Å². The van der Waals surface area contributed by atoms with Crippen LogP contribution < -0.4 is 5.43 Å². The lowest BCUT2D eigenvalue weighted by atomic mass is 10.2. The Kier molecular flexibility index (Phi) is 4.13. The lowest BCUT2D eigenvalue weighted by Gasteiger charge is -2.02. The van der Waals surface area contributed by atoms with Gasteiger partial charge in [-0.2, -0.15) is 5.10 Å². The zero-order valence-corrected chi connectivity index (χ0v) is 12.8. The van der Waals surface area contributed by atoms with Gasteiger partial charge in [-0.3, -0.25) is 4.79 Å². The third-order valence-corrected chi connectivity index (χ3v) is 3.71. The van der Waals surface area contributed by atoms with E-state index < -0.39 is 5.91 Å². The van der Waals surface area contributed by atoms with Gasteiger partial charge in [-0.1, -0.05) is 41.4 Å². The SMILES string of the molecule is O=C(N/N=C/c1c[nH]c2ccccc12)c1ccc(Cl)cc1Cl. The number of hydrogen-bond acceptors (Lipinski definition) is 2. The summed E-state index contributed by atoms with van der Waals surface area (Å²) in [6.07, 6.45) is 3.41. The Hall–Kier alpha value is -2.30. The Balaban J connectivity index is 1.75. The Bertz CT molecular complexity index is 871. The summed E-state index contributed by atoms with van der Waals surface area (Å²) in [5, 5.41) is 5.76. The van der Waals surface area contributed by atoms with Gasteiger partial charge in [0.25, 0.3) is 5.91 Å². The summed E-state index contributed by atoms with van der Waals surface area (Å²) in [4.78, 5) is 15.1. The number of aromatic nitrogens is 1. The molecule has 4 nitrogen and oxygen atoms in total. The smallest absolute Gasteiger partial charge is 0.272 e. The molecule has 0 aliphatic heterocycles. The van der Waals surface area contributed by atoms with E-state index in [4.69, 9.17) is 23.2 Å². The number of amides is 1. The Labute approximate surface area is 136 Å². The van der Waals surface area contributed by atoms with E-state index in [1.807, 2.05) is 30.5 Å². The Morgan fingerprint density at radius 2 is 2.00 bits per heavy atom. The van der Waals surface area contributed by atoms with Gasteiger partial charge in [0.1, 0.15) is 0 Å². The maximum atomic E-state index is 12.0. The van der Waals surface area contributed by atoms with Crippen LogP contribution >= 0.6 is 23.2 Å². The number of fused-ring (bicyclic) bond motifs is 1. The maximum Gasteiger partial charge on any atom is 0.272 e. The normalized spacial score (nSPS) is 11.2. The second-order valence-corrected chi connectivity index (χ2v) is 5.46. The lowest BCUT2D eigenvalue weighted by Crippen LogP contribution is -2.17. The highest BCUT2D eigenvalue weighted by Crippen LogP contribution is 2.20. The van der Waals surface area contributed by atoms with E-state index in [1.165, 1.54) is 6.07 Å². The number of H-pyrrole nitrogens is 1. The molecule has 2 N–H and O–H groups in total. The lowest BCUT2D eigenvalue weighted by molar-refractivity contribution is 0.0955. The summed E-state index contributed by atoms with van der Waals surface area (Å²) < 4.78 is 0. The molecule has 3 aromatic rings. The number of aromatic amines is 1. The molecule has 1 amide bonds. The standard InChI is InChI=1S/C16H11Cl2N3O/c17-11-5-6-13(14(18)7-11)16(22)21-20-9-10-8-19-15-4-2-1-3-12(10)15/h1-9,19H,(H,21,22)/b20-9+. The minimum absolute atomic E-state index is 0.285. The zero-order chi connectivity index (χ0) is 15.5. The molecule has 0 unspecified atom stereocenters. The molecule has 2 aromatic carbocycles. The fraction of sp³-hybridized carbons (Fsp3) is 0. The monoisotopic (exact) mass is 331 g/mol. The first kappa shape index (κ1) is 14.6. The molecule has 6 heteroatoms. The molecule has 0 bridgehead atoms. The van der Waals surface area contributed by atoms with E-state index in [1.54, 1.807) is 18.3 Å². The molecular weight excluding hydrogens is 321 g/mol. The molecule has 0 atom stereocenters. The van der Waals surface area contributed by atoms with Crippen LogP contribution in [0, 0.1) is 0 Å². The molecule has 0 fully saturated rings. The molecular formula is C16H11Cl2N3O. The van der Waals surface area contributed by atoms with Gasteiger partial charge in [0.15, 0.2) is 0 Å². The van der Waals surface area contributed by atoms with E-state index in [9.17, 15) is 4.79 Å². The predicted molar refractivity (Wildman–Crippen MR) is 89.8 cm³/mol. The van der Waals surface area contributed by atoms with Crippen LogP contribution in [-0.2, 0) is 0 Å². The molecule has 0 aliphatic rings. The maximum absolute atomic E-state index is 12.0. The summed E-state index contributed by atoms with van der Waals surface area (Å²) in [5.74, 6) is -0.391. The number of benzene rings is 2. The minimum atomic E-state index is -0.391. The second kappa shape index (κ2) is 6.22. The van der Waals surface area contributed by atoms with Crippen LogP contribution in [0.4, 0.5) is 0 Å². The van der Waals surface area contributed by atoms with Crippen molar-refractivity contribution in [3.8, 4) is 0 Å². The molecule has 1 heterocycles. The summed E-state index contributed by atoms with van der Waals surface area (Å²) in [7, 11) is 0. The number of carbonyl (C=O) groups excluding carboxylic acids is 1. The van der Waals surface area contributed by atoms with Crippen molar-refractivity contribution in [2.75, 3.05) is 0 Å². The first-order valence-corrected chi connectivity index (χ1v) is 7.25. The average Bonchev–Trinajstić information content (AvgIpc) is 2.90. The number of hydrazone groups is 1. The van der Waals surface area contributed by atoms with Crippen molar-refractivity contribution in [1.29, 1.82) is 0 Å². The number of halogens is 2. The van der Waals surface area contributed by atoms with Crippen LogP contribution in [0.25, 0.3) is 10.9 Å². The number of carbonyl (C=O) groups is 1. The molecule has 3 rings (SSSR count). The van der Waals surface area contributed by atoms with E-state index in [-0.39, 0.29) is 5.02 Å². The molecule has 0 spiro atoms.